The van der Waals surface area contributed by atoms with Gasteiger partial charge in [-0.1, -0.05) is 0 Å². The average Bonchev–Trinajstić information content (AvgIpc) is 2.68. The highest BCUT2D eigenvalue weighted by Crippen LogP contribution is 2.13. The van der Waals surface area contributed by atoms with Gasteiger partial charge in [0.05, 0.1) is 5.69 Å². The monoisotopic (exact) mass is 281 g/mol. The second kappa shape index (κ2) is 5.23. The van der Waals surface area contributed by atoms with Crippen molar-refractivity contribution in [3.05, 3.63) is 33.9 Å². The Morgan fingerprint density at radius 3 is 2.79 bits per heavy atom. The zero-order valence-electron chi connectivity index (χ0n) is 10.4. The summed E-state index contributed by atoms with van der Waals surface area (Å²) in [5.74, 6) is 0.111. The summed E-state index contributed by atoms with van der Waals surface area (Å²) in [6.07, 6.45) is 0. The van der Waals surface area contributed by atoms with Crippen LogP contribution in [0.5, 0.6) is 0 Å². The molecule has 2 N–H and O–H groups in total. The minimum absolute atomic E-state index is 0.165. The fourth-order valence-electron chi connectivity index (χ4n) is 1.59. The van der Waals surface area contributed by atoms with Crippen molar-refractivity contribution in [2.24, 2.45) is 0 Å². The third-order valence-corrected chi connectivity index (χ3v) is 2.52. The van der Waals surface area contributed by atoms with E-state index in [9.17, 15) is 9.59 Å². The highest BCUT2D eigenvalue weighted by atomic mass is 35.5. The first-order valence-corrected chi connectivity index (χ1v) is 6.04. The van der Waals surface area contributed by atoms with Crippen LogP contribution in [-0.2, 0) is 4.79 Å². The molecule has 2 aromatic rings. The summed E-state index contributed by atoms with van der Waals surface area (Å²) in [7, 11) is 0. The summed E-state index contributed by atoms with van der Waals surface area (Å²) in [4.78, 5) is 29.5. The summed E-state index contributed by atoms with van der Waals surface area (Å²) < 4.78 is 1.36. The fraction of sp³-hybridized carbons (Fsp3) is 0.273. The largest absolute Gasteiger partial charge is 0.309 e. The number of aryl methyl sites for hydroxylation is 2. The number of nitrogens with one attached hydrogen (secondary N) is 2. The lowest BCUT2D eigenvalue weighted by Crippen LogP contribution is -2.19. The molecule has 2 aromatic heterocycles. The standard InChI is InChI=1S/C11H12ClN5O2/c1-6-4-9(18)15-11(13-6)17-8(3-7(2)16-17)14-10(19)5-12/h3-4H,5H2,1-2H3,(H,14,19)(H,13,15,18). The number of carbonyl (C=O) groups is 1. The van der Waals surface area contributed by atoms with Crippen molar-refractivity contribution in [1.82, 2.24) is 19.7 Å². The molecule has 0 spiro atoms. The van der Waals surface area contributed by atoms with Crippen LogP contribution >= 0.6 is 11.6 Å². The van der Waals surface area contributed by atoms with Crippen LogP contribution < -0.4 is 10.9 Å². The van der Waals surface area contributed by atoms with Gasteiger partial charge in [-0.15, -0.1) is 11.6 Å². The van der Waals surface area contributed by atoms with Crippen LogP contribution in [0.25, 0.3) is 5.95 Å². The van der Waals surface area contributed by atoms with Crippen molar-refractivity contribution in [3.63, 3.8) is 0 Å². The molecule has 0 fully saturated rings. The first-order chi connectivity index (χ1) is 8.99. The Kier molecular flexibility index (Phi) is 3.66. The van der Waals surface area contributed by atoms with Gasteiger partial charge < -0.3 is 5.32 Å². The molecule has 8 heteroatoms. The number of carbonyl (C=O) groups excluding carboxylic acids is 1. The summed E-state index contributed by atoms with van der Waals surface area (Å²) in [5, 5.41) is 6.76. The van der Waals surface area contributed by atoms with Crippen molar-refractivity contribution in [1.29, 1.82) is 0 Å². The molecule has 0 atom stereocenters. The molecule has 0 radical (unpaired) electrons. The highest BCUT2D eigenvalue weighted by Gasteiger charge is 2.12. The van der Waals surface area contributed by atoms with Crippen LogP contribution in [0.2, 0.25) is 0 Å². The maximum Gasteiger partial charge on any atom is 0.252 e. The van der Waals surface area contributed by atoms with E-state index in [1.807, 2.05) is 0 Å². The first kappa shape index (κ1) is 13.3. The minimum atomic E-state index is -0.363. The number of hydrogen-bond acceptors (Lipinski definition) is 4. The molecule has 0 bridgehead atoms. The number of rotatable bonds is 3. The molecular formula is C11H12ClN5O2. The molecular weight excluding hydrogens is 270 g/mol. The van der Waals surface area contributed by atoms with E-state index < -0.39 is 0 Å². The number of aromatic nitrogens is 4. The van der Waals surface area contributed by atoms with Gasteiger partial charge in [0.15, 0.2) is 0 Å². The van der Waals surface area contributed by atoms with Crippen LogP contribution in [0.15, 0.2) is 16.9 Å². The number of halogens is 1. The van der Waals surface area contributed by atoms with Gasteiger partial charge in [0.2, 0.25) is 11.9 Å². The Morgan fingerprint density at radius 2 is 2.16 bits per heavy atom. The molecule has 0 aliphatic rings. The van der Waals surface area contributed by atoms with E-state index in [2.05, 4.69) is 20.4 Å². The van der Waals surface area contributed by atoms with Crippen LogP contribution in [0.1, 0.15) is 11.4 Å². The van der Waals surface area contributed by atoms with Gasteiger partial charge in [0.25, 0.3) is 5.56 Å². The summed E-state index contributed by atoms with van der Waals surface area (Å²) >= 11 is 5.44. The highest BCUT2D eigenvalue weighted by molar-refractivity contribution is 6.29. The van der Waals surface area contributed by atoms with E-state index in [0.717, 1.165) is 0 Å². The normalized spacial score (nSPS) is 10.5. The number of nitrogens with zero attached hydrogens (tertiary/aromatic N) is 3. The van der Waals surface area contributed by atoms with E-state index in [4.69, 9.17) is 11.6 Å². The SMILES string of the molecule is Cc1cc(=O)[nH]c(-n2nc(C)cc2NC(=O)CCl)n1. The second-order valence-corrected chi connectivity index (χ2v) is 4.24. The zero-order valence-corrected chi connectivity index (χ0v) is 11.2. The summed E-state index contributed by atoms with van der Waals surface area (Å²) in [6, 6.07) is 3.03. The Hall–Kier alpha value is -2.15. The van der Waals surface area contributed by atoms with E-state index in [0.29, 0.717) is 17.2 Å². The quantitative estimate of drug-likeness (QED) is 0.812. The van der Waals surface area contributed by atoms with Crippen LogP contribution in [0.3, 0.4) is 0 Å². The summed E-state index contributed by atoms with van der Waals surface area (Å²) in [6.45, 7) is 3.47. The number of hydrogen-bond donors (Lipinski definition) is 2. The maximum absolute atomic E-state index is 11.4. The molecule has 0 unspecified atom stereocenters. The van der Waals surface area contributed by atoms with Crippen molar-refractivity contribution in [2.45, 2.75) is 13.8 Å². The van der Waals surface area contributed by atoms with E-state index >= 15 is 0 Å². The van der Waals surface area contributed by atoms with Crippen LogP contribution in [-0.4, -0.2) is 31.5 Å². The van der Waals surface area contributed by atoms with Crippen molar-refractivity contribution < 1.29 is 4.79 Å². The van der Waals surface area contributed by atoms with Gasteiger partial charge >= 0.3 is 0 Å². The first-order valence-electron chi connectivity index (χ1n) is 5.50. The predicted octanol–water partition coefficient (Wildman–Crippen LogP) is 0.750. The lowest BCUT2D eigenvalue weighted by molar-refractivity contribution is -0.114. The number of amides is 1. The molecule has 2 heterocycles. The van der Waals surface area contributed by atoms with Gasteiger partial charge in [-0.05, 0) is 13.8 Å². The van der Waals surface area contributed by atoms with Crippen molar-refractivity contribution >= 4 is 23.3 Å². The Bertz CT molecular complexity index is 676. The minimum Gasteiger partial charge on any atom is -0.309 e. The second-order valence-electron chi connectivity index (χ2n) is 3.97. The van der Waals surface area contributed by atoms with Gasteiger partial charge in [-0.3, -0.25) is 14.6 Å². The Balaban J connectivity index is 2.49. The maximum atomic E-state index is 11.4. The topological polar surface area (TPSA) is 92.7 Å². The lowest BCUT2D eigenvalue weighted by Gasteiger charge is -2.07. The predicted molar refractivity (Wildman–Crippen MR) is 70.8 cm³/mol. The van der Waals surface area contributed by atoms with Gasteiger partial charge in [-0.25, -0.2) is 4.98 Å². The average molecular weight is 282 g/mol. The summed E-state index contributed by atoms with van der Waals surface area (Å²) in [5.41, 5.74) is 0.945. The molecule has 7 nitrogen and oxygen atoms in total. The van der Waals surface area contributed by atoms with Gasteiger partial charge in [-0.2, -0.15) is 9.78 Å². The molecule has 100 valence electrons. The number of alkyl halides is 1. The number of aromatic amines is 1. The molecule has 0 aromatic carbocycles. The number of anilines is 1. The molecule has 0 aliphatic carbocycles. The van der Waals surface area contributed by atoms with Gasteiger partial charge in [0, 0.05) is 17.8 Å². The number of H-pyrrole nitrogens is 1. The van der Waals surface area contributed by atoms with Crippen molar-refractivity contribution in [3.8, 4) is 5.95 Å². The van der Waals surface area contributed by atoms with Crippen molar-refractivity contribution in [2.75, 3.05) is 11.2 Å². The molecule has 19 heavy (non-hydrogen) atoms. The lowest BCUT2D eigenvalue weighted by atomic mass is 10.4. The molecule has 1 amide bonds. The molecule has 0 saturated carbocycles. The van der Waals surface area contributed by atoms with Crippen LogP contribution in [0, 0.1) is 13.8 Å². The van der Waals surface area contributed by atoms with E-state index in [1.165, 1.54) is 10.7 Å². The molecule has 2 rings (SSSR count). The van der Waals surface area contributed by atoms with E-state index in [1.54, 1.807) is 19.9 Å². The third kappa shape index (κ3) is 3.00. The van der Waals surface area contributed by atoms with E-state index in [-0.39, 0.29) is 23.3 Å². The fourth-order valence-corrected chi connectivity index (χ4v) is 1.66. The molecule has 0 saturated heterocycles. The Labute approximate surface area is 113 Å². The smallest absolute Gasteiger partial charge is 0.252 e. The third-order valence-electron chi connectivity index (χ3n) is 2.28. The molecule has 0 aliphatic heterocycles. The van der Waals surface area contributed by atoms with Crippen LogP contribution in [0.4, 0.5) is 5.82 Å². The van der Waals surface area contributed by atoms with Gasteiger partial charge in [0.1, 0.15) is 11.7 Å². The Morgan fingerprint density at radius 1 is 1.42 bits per heavy atom. The zero-order chi connectivity index (χ0) is 14.0.